The number of amides is 1. The maximum absolute atomic E-state index is 12.3. The van der Waals surface area contributed by atoms with Crippen LogP contribution in [0.5, 0.6) is 0 Å². The van der Waals surface area contributed by atoms with Gasteiger partial charge in [-0.2, -0.15) is 0 Å². The molecule has 1 amide bonds. The van der Waals surface area contributed by atoms with Crippen LogP contribution in [0.2, 0.25) is 0 Å². The molecule has 0 bridgehead atoms. The molecule has 122 valence electrons. The predicted molar refractivity (Wildman–Crippen MR) is 89.6 cm³/mol. The molecule has 0 radical (unpaired) electrons. The summed E-state index contributed by atoms with van der Waals surface area (Å²) >= 11 is 0. The largest absolute Gasteiger partial charge is 0.375 e. The molecular weight excluding hydrogens is 300 g/mol. The average Bonchev–Trinajstić information content (AvgIpc) is 2.53. The highest BCUT2D eigenvalue weighted by Crippen LogP contribution is 2.30. The third kappa shape index (κ3) is 3.80. The van der Waals surface area contributed by atoms with Crippen LogP contribution in [0.25, 0.3) is 0 Å². The first kappa shape index (κ1) is 17.3. The van der Waals surface area contributed by atoms with E-state index in [2.05, 4.69) is 34.9 Å². The molecule has 1 saturated heterocycles. The summed E-state index contributed by atoms with van der Waals surface area (Å²) < 4.78 is 5.54. The highest BCUT2D eigenvalue weighted by molar-refractivity contribution is 5.85. The number of halogens is 1. The highest BCUT2D eigenvalue weighted by Gasteiger charge is 2.29. The fraction of sp³-hybridized carbons (Fsp3) is 0.588. The SMILES string of the molecule is C[C@H]1OCCN[C@@H]1C(=O)NCC1CCCc2ccccc21.Cl. The summed E-state index contributed by atoms with van der Waals surface area (Å²) in [6, 6.07) is 8.39. The van der Waals surface area contributed by atoms with Crippen molar-refractivity contribution >= 4 is 18.3 Å². The molecule has 2 N–H and O–H groups in total. The van der Waals surface area contributed by atoms with E-state index in [1.54, 1.807) is 0 Å². The van der Waals surface area contributed by atoms with Crippen molar-refractivity contribution in [1.29, 1.82) is 0 Å². The monoisotopic (exact) mass is 324 g/mol. The number of aryl methyl sites for hydroxylation is 1. The van der Waals surface area contributed by atoms with Crippen LogP contribution in [0, 0.1) is 0 Å². The van der Waals surface area contributed by atoms with E-state index in [9.17, 15) is 4.79 Å². The highest BCUT2D eigenvalue weighted by atomic mass is 35.5. The Kier molecular flexibility index (Phi) is 6.24. The van der Waals surface area contributed by atoms with E-state index in [1.807, 2.05) is 6.92 Å². The maximum Gasteiger partial charge on any atom is 0.239 e. The lowest BCUT2D eigenvalue weighted by Crippen LogP contribution is -2.55. The number of morpholine rings is 1. The third-order valence-electron chi connectivity index (χ3n) is 4.62. The van der Waals surface area contributed by atoms with Crippen LogP contribution in [-0.4, -0.2) is 37.7 Å². The first-order valence-electron chi connectivity index (χ1n) is 7.96. The summed E-state index contributed by atoms with van der Waals surface area (Å²) in [5.74, 6) is 0.504. The maximum atomic E-state index is 12.3. The standard InChI is InChI=1S/C17H24N2O2.ClH/c1-12-16(18-9-10-21-12)17(20)19-11-14-7-4-6-13-5-2-3-8-15(13)14;/h2-3,5,8,12,14,16,18H,4,6-7,9-11H2,1H3,(H,19,20);1H/t12-,14?,16+;/m1./s1. The minimum Gasteiger partial charge on any atom is -0.375 e. The van der Waals surface area contributed by atoms with Gasteiger partial charge in [0.05, 0.1) is 12.7 Å². The van der Waals surface area contributed by atoms with E-state index in [0.29, 0.717) is 12.5 Å². The lowest BCUT2D eigenvalue weighted by atomic mass is 9.83. The Labute approximate surface area is 138 Å². The molecule has 1 fully saturated rings. The van der Waals surface area contributed by atoms with Crippen molar-refractivity contribution in [3.63, 3.8) is 0 Å². The molecule has 0 saturated carbocycles. The zero-order valence-electron chi connectivity index (χ0n) is 13.0. The normalized spacial score (nSPS) is 27.4. The Morgan fingerprint density at radius 3 is 3.05 bits per heavy atom. The molecule has 0 aromatic heterocycles. The number of hydrogen-bond acceptors (Lipinski definition) is 3. The van der Waals surface area contributed by atoms with Gasteiger partial charge in [-0.05, 0) is 37.3 Å². The number of ether oxygens (including phenoxy) is 1. The van der Waals surface area contributed by atoms with Crippen LogP contribution >= 0.6 is 12.4 Å². The molecule has 1 aliphatic carbocycles. The summed E-state index contributed by atoms with van der Waals surface area (Å²) in [6.07, 6.45) is 3.47. The number of carbonyl (C=O) groups excluding carboxylic acids is 1. The van der Waals surface area contributed by atoms with Crippen molar-refractivity contribution in [3.8, 4) is 0 Å². The fourth-order valence-electron chi connectivity index (χ4n) is 3.43. The van der Waals surface area contributed by atoms with Gasteiger partial charge in [0.1, 0.15) is 6.04 Å². The molecule has 3 atom stereocenters. The quantitative estimate of drug-likeness (QED) is 0.894. The summed E-state index contributed by atoms with van der Waals surface area (Å²) in [7, 11) is 0. The number of nitrogens with one attached hydrogen (secondary N) is 2. The van der Waals surface area contributed by atoms with Gasteiger partial charge >= 0.3 is 0 Å². The second-order valence-corrected chi connectivity index (χ2v) is 6.04. The van der Waals surface area contributed by atoms with Gasteiger partial charge in [0.2, 0.25) is 5.91 Å². The molecule has 1 unspecified atom stereocenters. The molecule has 2 aliphatic rings. The van der Waals surface area contributed by atoms with Crippen molar-refractivity contribution in [2.24, 2.45) is 0 Å². The van der Waals surface area contributed by atoms with Gasteiger partial charge in [0.25, 0.3) is 0 Å². The van der Waals surface area contributed by atoms with Gasteiger partial charge in [0.15, 0.2) is 0 Å². The second kappa shape index (κ2) is 7.95. The summed E-state index contributed by atoms with van der Waals surface area (Å²) in [5.41, 5.74) is 2.85. The van der Waals surface area contributed by atoms with Gasteiger partial charge in [-0.3, -0.25) is 4.79 Å². The minimum absolute atomic E-state index is 0. The Bertz CT molecular complexity index is 509. The first-order valence-corrected chi connectivity index (χ1v) is 7.96. The number of hydrogen-bond donors (Lipinski definition) is 2. The van der Waals surface area contributed by atoms with Crippen LogP contribution in [0.15, 0.2) is 24.3 Å². The lowest BCUT2D eigenvalue weighted by molar-refractivity contribution is -0.129. The molecule has 1 heterocycles. The van der Waals surface area contributed by atoms with E-state index in [0.717, 1.165) is 25.9 Å². The Hall–Kier alpha value is -1.10. The Morgan fingerprint density at radius 2 is 2.23 bits per heavy atom. The van der Waals surface area contributed by atoms with Gasteiger partial charge in [-0.25, -0.2) is 0 Å². The van der Waals surface area contributed by atoms with Crippen LogP contribution in [0.3, 0.4) is 0 Å². The number of benzene rings is 1. The summed E-state index contributed by atoms with van der Waals surface area (Å²) in [6.45, 7) is 4.10. The minimum atomic E-state index is -0.224. The number of rotatable bonds is 3. The first-order chi connectivity index (χ1) is 10.3. The van der Waals surface area contributed by atoms with Crippen LogP contribution in [-0.2, 0) is 16.0 Å². The average molecular weight is 325 g/mol. The molecule has 1 aliphatic heterocycles. The second-order valence-electron chi connectivity index (χ2n) is 6.04. The van der Waals surface area contributed by atoms with Crippen LogP contribution < -0.4 is 10.6 Å². The number of fused-ring (bicyclic) bond motifs is 1. The molecule has 3 rings (SSSR count). The molecule has 1 aromatic carbocycles. The molecule has 5 heteroatoms. The lowest BCUT2D eigenvalue weighted by Gasteiger charge is -2.31. The zero-order valence-corrected chi connectivity index (χ0v) is 13.8. The van der Waals surface area contributed by atoms with E-state index < -0.39 is 0 Å². The van der Waals surface area contributed by atoms with Crippen molar-refractivity contribution in [3.05, 3.63) is 35.4 Å². The summed E-state index contributed by atoms with van der Waals surface area (Å²) in [5, 5.41) is 6.35. The van der Waals surface area contributed by atoms with Crippen molar-refractivity contribution in [2.75, 3.05) is 19.7 Å². The van der Waals surface area contributed by atoms with E-state index in [4.69, 9.17) is 4.74 Å². The van der Waals surface area contributed by atoms with Gasteiger partial charge in [0, 0.05) is 19.0 Å². The molecular formula is C17H25ClN2O2. The van der Waals surface area contributed by atoms with Crippen LogP contribution in [0.4, 0.5) is 0 Å². The van der Waals surface area contributed by atoms with E-state index in [1.165, 1.54) is 17.5 Å². The third-order valence-corrected chi connectivity index (χ3v) is 4.62. The number of carbonyl (C=O) groups is 1. The van der Waals surface area contributed by atoms with Crippen molar-refractivity contribution in [2.45, 2.75) is 44.2 Å². The van der Waals surface area contributed by atoms with Gasteiger partial charge in [-0.1, -0.05) is 24.3 Å². The molecule has 1 aromatic rings. The van der Waals surface area contributed by atoms with Crippen molar-refractivity contribution < 1.29 is 9.53 Å². The zero-order chi connectivity index (χ0) is 14.7. The molecule has 0 spiro atoms. The topological polar surface area (TPSA) is 50.4 Å². The molecule has 22 heavy (non-hydrogen) atoms. The fourth-order valence-corrected chi connectivity index (χ4v) is 3.43. The predicted octanol–water partition coefficient (Wildman–Crippen LogP) is 2.02. The van der Waals surface area contributed by atoms with Gasteiger partial charge in [-0.15, -0.1) is 12.4 Å². The Morgan fingerprint density at radius 1 is 1.41 bits per heavy atom. The van der Waals surface area contributed by atoms with Crippen molar-refractivity contribution in [1.82, 2.24) is 10.6 Å². The van der Waals surface area contributed by atoms with Crippen LogP contribution in [0.1, 0.15) is 36.8 Å². The Balaban J connectivity index is 0.00000176. The van der Waals surface area contributed by atoms with E-state index >= 15 is 0 Å². The smallest absolute Gasteiger partial charge is 0.239 e. The molecule has 4 nitrogen and oxygen atoms in total. The summed E-state index contributed by atoms with van der Waals surface area (Å²) in [4.78, 5) is 12.3. The van der Waals surface area contributed by atoms with E-state index in [-0.39, 0.29) is 30.5 Å². The van der Waals surface area contributed by atoms with Gasteiger partial charge < -0.3 is 15.4 Å².